The van der Waals surface area contributed by atoms with E-state index < -0.39 is 0 Å². The van der Waals surface area contributed by atoms with Gasteiger partial charge in [-0.15, -0.1) is 0 Å². The van der Waals surface area contributed by atoms with Gasteiger partial charge in [0.05, 0.1) is 6.33 Å². The summed E-state index contributed by atoms with van der Waals surface area (Å²) < 4.78 is 6.42. The van der Waals surface area contributed by atoms with Crippen LogP contribution in [-0.4, -0.2) is 28.7 Å². The Balaban J connectivity index is 1.73. The summed E-state index contributed by atoms with van der Waals surface area (Å²) in [4.78, 5) is 7.38. The van der Waals surface area contributed by atoms with E-state index in [1.807, 2.05) is 6.20 Å². The molecule has 2 aromatic rings. The lowest BCUT2D eigenvalue weighted by molar-refractivity contribution is 0.0351. The molecule has 1 aromatic heterocycles. The van der Waals surface area contributed by atoms with Crippen molar-refractivity contribution >= 4 is 0 Å². The van der Waals surface area contributed by atoms with Crippen LogP contribution in [0.3, 0.4) is 0 Å². The van der Waals surface area contributed by atoms with Crippen molar-refractivity contribution in [3.8, 4) is 5.75 Å². The number of para-hydroxylation sites is 1. The molecule has 1 fully saturated rings. The minimum Gasteiger partial charge on any atom is -0.486 e. The van der Waals surface area contributed by atoms with E-state index in [-0.39, 0.29) is 5.60 Å². The summed E-state index contributed by atoms with van der Waals surface area (Å²) in [5.41, 5.74) is 2.50. The van der Waals surface area contributed by atoms with E-state index in [1.54, 1.807) is 6.33 Å². The van der Waals surface area contributed by atoms with Gasteiger partial charge in [-0.2, -0.15) is 0 Å². The number of aromatic amines is 1. The van der Waals surface area contributed by atoms with Crippen LogP contribution in [0.1, 0.15) is 30.0 Å². The van der Waals surface area contributed by atoms with Crippen LogP contribution in [-0.2, 0) is 6.42 Å². The van der Waals surface area contributed by atoms with Gasteiger partial charge in [0.15, 0.2) is 0 Å². The smallest absolute Gasteiger partial charge is 0.123 e. The number of benzene rings is 1. The van der Waals surface area contributed by atoms with Crippen LogP contribution in [0, 0.1) is 0 Å². The minimum atomic E-state index is -0.0416. The average molecular weight is 269 g/mol. The topological polar surface area (TPSA) is 49.9 Å². The molecule has 4 nitrogen and oxygen atoms in total. The van der Waals surface area contributed by atoms with Crippen molar-refractivity contribution in [3.05, 3.63) is 48.0 Å². The predicted molar refractivity (Wildman–Crippen MR) is 76.9 cm³/mol. The maximum absolute atomic E-state index is 6.42. The molecule has 0 amide bonds. The predicted octanol–water partition coefficient (Wildman–Crippen LogP) is 2.25. The largest absolute Gasteiger partial charge is 0.486 e. The van der Waals surface area contributed by atoms with Gasteiger partial charge in [-0.05, 0) is 25.6 Å². The molecule has 1 saturated heterocycles. The molecule has 4 heteroatoms. The molecular formula is C16H19N3O. The Labute approximate surface area is 118 Å². The van der Waals surface area contributed by atoms with E-state index >= 15 is 0 Å². The van der Waals surface area contributed by atoms with Gasteiger partial charge >= 0.3 is 0 Å². The van der Waals surface area contributed by atoms with E-state index in [0.29, 0.717) is 5.92 Å². The van der Waals surface area contributed by atoms with Crippen molar-refractivity contribution in [3.63, 3.8) is 0 Å². The van der Waals surface area contributed by atoms with Crippen molar-refractivity contribution in [2.75, 3.05) is 13.1 Å². The van der Waals surface area contributed by atoms with Gasteiger partial charge in [0.1, 0.15) is 11.4 Å². The zero-order valence-electron chi connectivity index (χ0n) is 11.4. The Morgan fingerprint density at radius 2 is 2.10 bits per heavy atom. The molecule has 0 bridgehead atoms. The van der Waals surface area contributed by atoms with E-state index in [1.165, 1.54) is 11.3 Å². The van der Waals surface area contributed by atoms with Gasteiger partial charge in [0.25, 0.3) is 0 Å². The zero-order chi connectivity index (χ0) is 13.4. The van der Waals surface area contributed by atoms with Crippen LogP contribution in [0.4, 0.5) is 0 Å². The maximum Gasteiger partial charge on any atom is 0.123 e. The maximum atomic E-state index is 6.42. The number of fused-ring (bicyclic) bond motifs is 1. The molecule has 2 aliphatic heterocycles. The molecule has 0 unspecified atom stereocenters. The standard InChI is InChI=1S/C16H19N3O/c1-2-4-15-13(3-1)14(9-12-10-18-11-19-12)16(20-15)5-7-17-8-6-16/h1-4,10-11,14,17H,5-9H2,(H,18,19)/t14-/m1/s1. The fourth-order valence-corrected chi connectivity index (χ4v) is 3.65. The third kappa shape index (κ3) is 1.83. The number of piperidine rings is 1. The van der Waals surface area contributed by atoms with Crippen LogP contribution in [0.25, 0.3) is 0 Å². The van der Waals surface area contributed by atoms with Crippen molar-refractivity contribution in [1.29, 1.82) is 0 Å². The Morgan fingerprint density at radius 3 is 2.90 bits per heavy atom. The third-order valence-corrected chi connectivity index (χ3v) is 4.67. The third-order valence-electron chi connectivity index (χ3n) is 4.67. The van der Waals surface area contributed by atoms with E-state index in [0.717, 1.165) is 38.1 Å². The van der Waals surface area contributed by atoms with E-state index in [2.05, 4.69) is 39.6 Å². The first kappa shape index (κ1) is 12.0. The SMILES string of the molecule is c1ccc2c(c1)OC1(CCNCC1)[C@@H]2Cc1cnc[nH]1. The summed E-state index contributed by atoms with van der Waals surface area (Å²) >= 11 is 0. The van der Waals surface area contributed by atoms with Gasteiger partial charge in [-0.25, -0.2) is 4.98 Å². The first-order chi connectivity index (χ1) is 9.87. The quantitative estimate of drug-likeness (QED) is 0.879. The van der Waals surface area contributed by atoms with Gasteiger partial charge in [-0.3, -0.25) is 0 Å². The Morgan fingerprint density at radius 1 is 1.25 bits per heavy atom. The summed E-state index contributed by atoms with van der Waals surface area (Å²) in [7, 11) is 0. The van der Waals surface area contributed by atoms with E-state index in [4.69, 9.17) is 4.74 Å². The van der Waals surface area contributed by atoms with Crippen molar-refractivity contribution in [1.82, 2.24) is 15.3 Å². The number of hydrogen-bond donors (Lipinski definition) is 2. The molecule has 20 heavy (non-hydrogen) atoms. The summed E-state index contributed by atoms with van der Waals surface area (Å²) in [5.74, 6) is 1.49. The monoisotopic (exact) mass is 269 g/mol. The minimum absolute atomic E-state index is 0.0416. The molecular weight excluding hydrogens is 250 g/mol. The van der Waals surface area contributed by atoms with Gasteiger partial charge in [-0.1, -0.05) is 18.2 Å². The van der Waals surface area contributed by atoms with Crippen molar-refractivity contribution in [2.45, 2.75) is 30.8 Å². The Kier molecular flexibility index (Phi) is 2.77. The van der Waals surface area contributed by atoms with E-state index in [9.17, 15) is 0 Å². The Bertz CT molecular complexity index is 588. The second-order valence-corrected chi connectivity index (χ2v) is 5.79. The van der Waals surface area contributed by atoms with Gasteiger partial charge in [0, 0.05) is 36.2 Å². The molecule has 0 radical (unpaired) electrons. The highest BCUT2D eigenvalue weighted by atomic mass is 16.5. The molecule has 0 saturated carbocycles. The van der Waals surface area contributed by atoms with Crippen molar-refractivity contribution in [2.24, 2.45) is 0 Å². The lowest BCUT2D eigenvalue weighted by Crippen LogP contribution is -2.48. The number of aromatic nitrogens is 2. The first-order valence-corrected chi connectivity index (χ1v) is 7.33. The summed E-state index contributed by atoms with van der Waals surface area (Å²) in [6, 6.07) is 8.49. The number of hydrogen-bond acceptors (Lipinski definition) is 3. The van der Waals surface area contributed by atoms with Crippen LogP contribution in [0.5, 0.6) is 5.75 Å². The number of ether oxygens (including phenoxy) is 1. The van der Waals surface area contributed by atoms with Gasteiger partial charge in [0.2, 0.25) is 0 Å². The number of H-pyrrole nitrogens is 1. The van der Waals surface area contributed by atoms with Crippen LogP contribution >= 0.6 is 0 Å². The molecule has 1 spiro atoms. The second-order valence-electron chi connectivity index (χ2n) is 5.79. The molecule has 0 aliphatic carbocycles. The van der Waals surface area contributed by atoms with Crippen LogP contribution in [0.2, 0.25) is 0 Å². The summed E-state index contributed by atoms with van der Waals surface area (Å²) in [6.07, 6.45) is 6.79. The molecule has 1 aromatic carbocycles. The molecule has 4 rings (SSSR count). The molecule has 1 atom stereocenters. The summed E-state index contributed by atoms with van der Waals surface area (Å²) in [5, 5.41) is 3.44. The Hall–Kier alpha value is -1.81. The fraction of sp³-hybridized carbons (Fsp3) is 0.438. The first-order valence-electron chi connectivity index (χ1n) is 7.33. The number of imidazole rings is 1. The lowest BCUT2D eigenvalue weighted by Gasteiger charge is -2.38. The summed E-state index contributed by atoms with van der Waals surface area (Å²) in [6.45, 7) is 2.07. The number of nitrogens with one attached hydrogen (secondary N) is 2. The molecule has 3 heterocycles. The molecule has 104 valence electrons. The highest BCUT2D eigenvalue weighted by molar-refractivity contribution is 5.44. The lowest BCUT2D eigenvalue weighted by atomic mass is 9.76. The normalized spacial score (nSPS) is 23.5. The van der Waals surface area contributed by atoms with Gasteiger partial charge < -0.3 is 15.0 Å². The van der Waals surface area contributed by atoms with Crippen molar-refractivity contribution < 1.29 is 4.74 Å². The fourth-order valence-electron chi connectivity index (χ4n) is 3.65. The highest BCUT2D eigenvalue weighted by Gasteiger charge is 2.48. The zero-order valence-corrected chi connectivity index (χ0v) is 11.4. The highest BCUT2D eigenvalue weighted by Crippen LogP contribution is 2.50. The average Bonchev–Trinajstić information content (AvgIpc) is 3.08. The van der Waals surface area contributed by atoms with Crippen LogP contribution in [0.15, 0.2) is 36.8 Å². The number of rotatable bonds is 2. The second kappa shape index (κ2) is 4.63. The molecule has 2 aliphatic rings. The number of nitrogens with zero attached hydrogens (tertiary/aromatic N) is 1. The molecule has 2 N–H and O–H groups in total. The van der Waals surface area contributed by atoms with Crippen LogP contribution < -0.4 is 10.1 Å².